The van der Waals surface area contributed by atoms with Gasteiger partial charge in [0.25, 0.3) is 0 Å². The summed E-state index contributed by atoms with van der Waals surface area (Å²) in [6.07, 6.45) is 4.01. The highest BCUT2D eigenvalue weighted by Crippen LogP contribution is 2.30. The summed E-state index contributed by atoms with van der Waals surface area (Å²) in [4.78, 5) is 23.8. The lowest BCUT2D eigenvalue weighted by atomic mass is 9.78. The van der Waals surface area contributed by atoms with Crippen LogP contribution in [0.1, 0.15) is 43.7 Å². The number of carbonyl (C=O) groups excluding carboxylic acids is 1. The highest BCUT2D eigenvalue weighted by atomic mass is 16.5. The van der Waals surface area contributed by atoms with E-state index in [2.05, 4.69) is 24.4 Å². The SMILES string of the molecule is CCc1ccc(Oc2ccc(CNC(=O)C3CCCCC3C(=O)O)cc2)cc1. The summed E-state index contributed by atoms with van der Waals surface area (Å²) in [5, 5.41) is 12.2. The predicted octanol–water partition coefficient (Wildman–Crippen LogP) is 4.55. The van der Waals surface area contributed by atoms with Gasteiger partial charge in [-0.15, -0.1) is 0 Å². The van der Waals surface area contributed by atoms with E-state index in [-0.39, 0.29) is 5.91 Å². The quantitative estimate of drug-likeness (QED) is 0.738. The Morgan fingerprint density at radius 2 is 1.46 bits per heavy atom. The van der Waals surface area contributed by atoms with Crippen molar-refractivity contribution in [3.63, 3.8) is 0 Å². The van der Waals surface area contributed by atoms with E-state index in [4.69, 9.17) is 4.74 Å². The zero-order valence-corrected chi connectivity index (χ0v) is 16.2. The van der Waals surface area contributed by atoms with E-state index in [0.717, 1.165) is 36.3 Å². The minimum absolute atomic E-state index is 0.163. The maximum absolute atomic E-state index is 12.4. The van der Waals surface area contributed by atoms with E-state index < -0.39 is 17.8 Å². The average Bonchev–Trinajstić information content (AvgIpc) is 2.73. The van der Waals surface area contributed by atoms with E-state index >= 15 is 0 Å². The summed E-state index contributed by atoms with van der Waals surface area (Å²) in [6.45, 7) is 2.50. The lowest BCUT2D eigenvalue weighted by Gasteiger charge is -2.27. The van der Waals surface area contributed by atoms with Crippen molar-refractivity contribution in [3.8, 4) is 11.5 Å². The van der Waals surface area contributed by atoms with Gasteiger partial charge >= 0.3 is 5.97 Å². The number of benzene rings is 2. The first-order valence-electron chi connectivity index (χ1n) is 9.93. The number of amides is 1. The standard InChI is InChI=1S/C23H27NO4/c1-2-16-7-11-18(12-8-16)28-19-13-9-17(10-14-19)15-24-22(25)20-5-3-4-6-21(20)23(26)27/h7-14,20-21H,2-6,15H2,1H3,(H,24,25)(H,26,27). The highest BCUT2D eigenvalue weighted by Gasteiger charge is 2.35. The van der Waals surface area contributed by atoms with Gasteiger partial charge in [-0.3, -0.25) is 9.59 Å². The number of aliphatic carboxylic acids is 1. The molecule has 1 aliphatic rings. The molecule has 0 heterocycles. The summed E-state index contributed by atoms with van der Waals surface area (Å²) in [7, 11) is 0. The number of ether oxygens (including phenoxy) is 1. The van der Waals surface area contributed by atoms with Crippen molar-refractivity contribution in [3.05, 3.63) is 59.7 Å². The van der Waals surface area contributed by atoms with Crippen LogP contribution in [0.15, 0.2) is 48.5 Å². The Bertz CT molecular complexity index is 798. The van der Waals surface area contributed by atoms with Crippen LogP contribution in [-0.4, -0.2) is 17.0 Å². The normalized spacial score (nSPS) is 19.0. The molecule has 1 aliphatic carbocycles. The second-order valence-electron chi connectivity index (χ2n) is 7.30. The predicted molar refractivity (Wildman–Crippen MR) is 107 cm³/mol. The fourth-order valence-corrected chi connectivity index (χ4v) is 3.67. The smallest absolute Gasteiger partial charge is 0.307 e. The molecule has 2 atom stereocenters. The third-order valence-electron chi connectivity index (χ3n) is 5.38. The van der Waals surface area contributed by atoms with Gasteiger partial charge in [-0.25, -0.2) is 0 Å². The maximum atomic E-state index is 12.4. The number of carboxylic acids is 1. The molecule has 1 saturated carbocycles. The zero-order valence-electron chi connectivity index (χ0n) is 16.2. The first-order chi connectivity index (χ1) is 13.6. The summed E-state index contributed by atoms with van der Waals surface area (Å²) in [5.74, 6) is -0.506. The van der Waals surface area contributed by atoms with Crippen LogP contribution in [-0.2, 0) is 22.6 Å². The number of carbonyl (C=O) groups is 2. The number of hydrogen-bond donors (Lipinski definition) is 2. The van der Waals surface area contributed by atoms with E-state index in [1.807, 2.05) is 36.4 Å². The van der Waals surface area contributed by atoms with Crippen molar-refractivity contribution in [1.29, 1.82) is 0 Å². The Morgan fingerprint density at radius 1 is 0.929 bits per heavy atom. The van der Waals surface area contributed by atoms with Crippen LogP contribution >= 0.6 is 0 Å². The molecule has 0 spiro atoms. The van der Waals surface area contributed by atoms with Crippen LogP contribution in [0, 0.1) is 11.8 Å². The van der Waals surface area contributed by atoms with Crippen molar-refractivity contribution >= 4 is 11.9 Å². The molecule has 2 aromatic rings. The molecule has 0 aliphatic heterocycles. The van der Waals surface area contributed by atoms with Crippen LogP contribution in [0.3, 0.4) is 0 Å². The fraction of sp³-hybridized carbons (Fsp3) is 0.391. The minimum Gasteiger partial charge on any atom is -0.481 e. The van der Waals surface area contributed by atoms with Crippen molar-refractivity contribution in [2.45, 2.75) is 45.6 Å². The molecule has 2 N–H and O–H groups in total. The first kappa shape index (κ1) is 19.9. The van der Waals surface area contributed by atoms with Crippen molar-refractivity contribution in [1.82, 2.24) is 5.32 Å². The number of carboxylic acid groups (broad SMARTS) is 1. The summed E-state index contributed by atoms with van der Waals surface area (Å²) in [6, 6.07) is 15.6. The molecule has 2 unspecified atom stereocenters. The summed E-state index contributed by atoms with van der Waals surface area (Å²) in [5.41, 5.74) is 2.21. The third-order valence-corrected chi connectivity index (χ3v) is 5.38. The molecular weight excluding hydrogens is 354 g/mol. The topological polar surface area (TPSA) is 75.6 Å². The molecule has 2 aromatic carbocycles. The summed E-state index contributed by atoms with van der Waals surface area (Å²) < 4.78 is 5.84. The van der Waals surface area contributed by atoms with Crippen molar-refractivity contribution in [2.75, 3.05) is 0 Å². The molecule has 0 saturated heterocycles. The molecule has 5 heteroatoms. The van der Waals surface area contributed by atoms with Crippen LogP contribution in [0.25, 0.3) is 0 Å². The van der Waals surface area contributed by atoms with E-state index in [0.29, 0.717) is 19.4 Å². The van der Waals surface area contributed by atoms with E-state index in [9.17, 15) is 14.7 Å². The number of aryl methyl sites for hydroxylation is 1. The summed E-state index contributed by atoms with van der Waals surface area (Å²) >= 11 is 0. The van der Waals surface area contributed by atoms with Gasteiger partial charge < -0.3 is 15.2 Å². The monoisotopic (exact) mass is 381 g/mol. The van der Waals surface area contributed by atoms with E-state index in [1.54, 1.807) is 0 Å². The van der Waals surface area contributed by atoms with Crippen LogP contribution in [0.5, 0.6) is 11.5 Å². The molecule has 0 radical (unpaired) electrons. The van der Waals surface area contributed by atoms with Crippen molar-refractivity contribution in [2.24, 2.45) is 11.8 Å². The maximum Gasteiger partial charge on any atom is 0.307 e. The average molecular weight is 381 g/mol. The van der Waals surface area contributed by atoms with Crippen molar-refractivity contribution < 1.29 is 19.4 Å². The largest absolute Gasteiger partial charge is 0.481 e. The fourth-order valence-electron chi connectivity index (χ4n) is 3.67. The molecule has 3 rings (SSSR count). The zero-order chi connectivity index (χ0) is 19.9. The highest BCUT2D eigenvalue weighted by molar-refractivity contribution is 5.84. The Kier molecular flexibility index (Phi) is 6.69. The van der Waals surface area contributed by atoms with Gasteiger partial charge in [0.1, 0.15) is 11.5 Å². The molecule has 1 amide bonds. The molecule has 148 valence electrons. The van der Waals surface area contributed by atoms with Gasteiger partial charge in [0.15, 0.2) is 0 Å². The van der Waals surface area contributed by atoms with Crippen LogP contribution in [0.2, 0.25) is 0 Å². The molecule has 0 aromatic heterocycles. The Labute approximate surface area is 165 Å². The van der Waals surface area contributed by atoms with Gasteiger partial charge in [0.2, 0.25) is 5.91 Å². The van der Waals surface area contributed by atoms with Gasteiger partial charge in [-0.1, -0.05) is 44.0 Å². The van der Waals surface area contributed by atoms with Crippen LogP contribution < -0.4 is 10.1 Å². The van der Waals surface area contributed by atoms with Gasteiger partial charge in [-0.2, -0.15) is 0 Å². The number of rotatable bonds is 7. The second-order valence-corrected chi connectivity index (χ2v) is 7.30. The third kappa shape index (κ3) is 5.12. The lowest BCUT2D eigenvalue weighted by Crippen LogP contribution is -2.39. The number of hydrogen-bond acceptors (Lipinski definition) is 3. The second kappa shape index (κ2) is 9.40. The van der Waals surface area contributed by atoms with E-state index in [1.165, 1.54) is 5.56 Å². The molecule has 1 fully saturated rings. The van der Waals surface area contributed by atoms with Gasteiger partial charge in [0.05, 0.1) is 11.8 Å². The number of nitrogens with one attached hydrogen (secondary N) is 1. The molecule has 28 heavy (non-hydrogen) atoms. The Morgan fingerprint density at radius 3 is 2.00 bits per heavy atom. The lowest BCUT2D eigenvalue weighted by molar-refractivity contribution is -0.148. The molecular formula is C23H27NO4. The first-order valence-corrected chi connectivity index (χ1v) is 9.93. The van der Waals surface area contributed by atoms with Gasteiger partial charge in [0, 0.05) is 6.54 Å². The molecule has 5 nitrogen and oxygen atoms in total. The molecule has 0 bridgehead atoms. The minimum atomic E-state index is -0.867. The Balaban J connectivity index is 1.53. The Hall–Kier alpha value is -2.82. The van der Waals surface area contributed by atoms with Crippen LogP contribution in [0.4, 0.5) is 0 Å². The van der Waals surface area contributed by atoms with Gasteiger partial charge in [-0.05, 0) is 54.7 Å².